The van der Waals surface area contributed by atoms with Crippen molar-refractivity contribution in [3.8, 4) is 11.5 Å². The zero-order valence-electron chi connectivity index (χ0n) is 15.6. The second kappa shape index (κ2) is 7.69. The van der Waals surface area contributed by atoms with Gasteiger partial charge in [-0.3, -0.25) is 14.3 Å². The van der Waals surface area contributed by atoms with Crippen molar-refractivity contribution in [2.24, 2.45) is 0 Å². The molecule has 27 heavy (non-hydrogen) atoms. The molecule has 0 aliphatic carbocycles. The quantitative estimate of drug-likeness (QED) is 0.833. The van der Waals surface area contributed by atoms with Crippen molar-refractivity contribution in [3.05, 3.63) is 41.7 Å². The highest BCUT2D eigenvalue weighted by atomic mass is 16.5. The van der Waals surface area contributed by atoms with Crippen LogP contribution in [0.3, 0.4) is 0 Å². The van der Waals surface area contributed by atoms with E-state index in [1.807, 2.05) is 6.07 Å². The molecule has 0 fully saturated rings. The van der Waals surface area contributed by atoms with E-state index >= 15 is 0 Å². The highest BCUT2D eigenvalue weighted by molar-refractivity contribution is 5.82. The highest BCUT2D eigenvalue weighted by Crippen LogP contribution is 2.40. The lowest BCUT2D eigenvalue weighted by atomic mass is 9.89. The van der Waals surface area contributed by atoms with Crippen LogP contribution < -0.4 is 9.47 Å². The number of hydrogen-bond acceptors (Lipinski definition) is 5. The molecule has 8 nitrogen and oxygen atoms in total. The molecule has 0 saturated heterocycles. The van der Waals surface area contributed by atoms with Crippen LogP contribution in [0.1, 0.15) is 36.6 Å². The van der Waals surface area contributed by atoms with Gasteiger partial charge in [-0.15, -0.1) is 0 Å². The zero-order chi connectivity index (χ0) is 19.6. The molecule has 0 spiro atoms. The smallest absolute Gasteiger partial charge is 0.305 e. The fourth-order valence-electron chi connectivity index (χ4n) is 3.54. The molecule has 3 rings (SSSR count). The summed E-state index contributed by atoms with van der Waals surface area (Å²) in [5, 5.41) is 13.6. The van der Waals surface area contributed by atoms with Crippen molar-refractivity contribution in [2.45, 2.75) is 31.8 Å². The highest BCUT2D eigenvalue weighted by Gasteiger charge is 2.35. The summed E-state index contributed by atoms with van der Waals surface area (Å²) in [5.74, 6) is -0.0198. The van der Waals surface area contributed by atoms with Gasteiger partial charge in [0.1, 0.15) is 6.04 Å². The van der Waals surface area contributed by atoms with Crippen LogP contribution in [0.2, 0.25) is 0 Å². The number of aliphatic carboxylic acids is 1. The van der Waals surface area contributed by atoms with Crippen LogP contribution in [0.4, 0.5) is 0 Å². The Morgan fingerprint density at radius 1 is 1.30 bits per heavy atom. The van der Waals surface area contributed by atoms with Gasteiger partial charge in [0, 0.05) is 18.9 Å². The number of carbonyl (C=O) groups excluding carboxylic acids is 1. The molecule has 2 heterocycles. The first-order chi connectivity index (χ1) is 13.0. The minimum atomic E-state index is -0.966. The Balaban J connectivity index is 1.99. The van der Waals surface area contributed by atoms with Gasteiger partial charge in [-0.25, -0.2) is 0 Å². The minimum Gasteiger partial charge on any atom is -0.493 e. The van der Waals surface area contributed by atoms with Crippen LogP contribution in [-0.4, -0.2) is 52.4 Å². The Morgan fingerprint density at radius 3 is 2.59 bits per heavy atom. The second-order valence-electron chi connectivity index (χ2n) is 6.46. The summed E-state index contributed by atoms with van der Waals surface area (Å²) in [7, 11) is 3.09. The molecule has 1 aliphatic rings. The molecule has 8 heteroatoms. The fourth-order valence-corrected chi connectivity index (χ4v) is 3.54. The number of benzene rings is 1. The first-order valence-corrected chi connectivity index (χ1v) is 8.72. The van der Waals surface area contributed by atoms with Crippen molar-refractivity contribution < 1.29 is 24.2 Å². The molecule has 1 N–H and O–H groups in total. The van der Waals surface area contributed by atoms with Gasteiger partial charge in [-0.1, -0.05) is 0 Å². The summed E-state index contributed by atoms with van der Waals surface area (Å²) < 4.78 is 12.3. The Hall–Kier alpha value is -3.03. The molecule has 1 aromatic heterocycles. The first-order valence-electron chi connectivity index (χ1n) is 8.72. The van der Waals surface area contributed by atoms with Crippen LogP contribution in [0.15, 0.2) is 30.6 Å². The van der Waals surface area contributed by atoms with E-state index in [9.17, 15) is 14.7 Å². The lowest BCUT2D eigenvalue weighted by Gasteiger charge is -2.38. The topological polar surface area (TPSA) is 93.9 Å². The predicted molar refractivity (Wildman–Crippen MR) is 96.9 cm³/mol. The van der Waals surface area contributed by atoms with Gasteiger partial charge in [0.15, 0.2) is 11.5 Å². The monoisotopic (exact) mass is 373 g/mol. The van der Waals surface area contributed by atoms with Crippen molar-refractivity contribution in [2.75, 3.05) is 20.8 Å². The van der Waals surface area contributed by atoms with Crippen molar-refractivity contribution >= 4 is 11.9 Å². The molecule has 0 bridgehead atoms. The molecule has 144 valence electrons. The van der Waals surface area contributed by atoms with E-state index in [1.54, 1.807) is 48.1 Å². The molecule has 0 radical (unpaired) electrons. The van der Waals surface area contributed by atoms with Gasteiger partial charge < -0.3 is 19.5 Å². The Labute approximate surface area is 157 Å². The number of aromatic nitrogens is 2. The Kier molecular flexibility index (Phi) is 5.34. The Bertz CT molecular complexity index is 834. The van der Waals surface area contributed by atoms with Gasteiger partial charge in [-0.2, -0.15) is 5.10 Å². The summed E-state index contributed by atoms with van der Waals surface area (Å²) in [6, 6.07) is 4.30. The third-order valence-electron chi connectivity index (χ3n) is 4.93. The summed E-state index contributed by atoms with van der Waals surface area (Å²) in [5.41, 5.74) is 1.75. The number of methoxy groups -OCH3 is 2. The summed E-state index contributed by atoms with van der Waals surface area (Å²) in [4.78, 5) is 26.2. The third kappa shape index (κ3) is 3.60. The molecular formula is C19H23N3O5. The average molecular weight is 373 g/mol. The zero-order valence-corrected chi connectivity index (χ0v) is 15.6. The van der Waals surface area contributed by atoms with Crippen molar-refractivity contribution in [1.82, 2.24) is 14.7 Å². The van der Waals surface area contributed by atoms with E-state index in [1.165, 1.54) is 7.11 Å². The van der Waals surface area contributed by atoms with E-state index in [-0.39, 0.29) is 12.3 Å². The van der Waals surface area contributed by atoms with Gasteiger partial charge in [0.2, 0.25) is 5.91 Å². The van der Waals surface area contributed by atoms with Gasteiger partial charge in [0.05, 0.1) is 26.7 Å². The van der Waals surface area contributed by atoms with E-state index in [4.69, 9.17) is 9.47 Å². The minimum absolute atomic E-state index is 0.162. The Morgan fingerprint density at radius 2 is 2.00 bits per heavy atom. The van der Waals surface area contributed by atoms with Crippen LogP contribution >= 0.6 is 0 Å². The third-order valence-corrected chi connectivity index (χ3v) is 4.93. The maximum absolute atomic E-state index is 13.1. The largest absolute Gasteiger partial charge is 0.493 e. The molecule has 0 saturated carbocycles. The second-order valence-corrected chi connectivity index (χ2v) is 6.46. The number of carbonyl (C=O) groups is 2. The number of carboxylic acids is 1. The van der Waals surface area contributed by atoms with Crippen molar-refractivity contribution in [3.63, 3.8) is 0 Å². The SMILES string of the molecule is COc1cc2c(cc1OC)C(CC(=O)O)N(C(=O)C(C)n1cccn1)CC2. The van der Waals surface area contributed by atoms with Gasteiger partial charge in [-0.05, 0) is 42.7 Å². The summed E-state index contributed by atoms with van der Waals surface area (Å²) >= 11 is 0. The van der Waals surface area contributed by atoms with E-state index < -0.39 is 18.1 Å². The molecule has 1 amide bonds. The van der Waals surface area contributed by atoms with E-state index in [0.29, 0.717) is 24.5 Å². The van der Waals surface area contributed by atoms with E-state index in [0.717, 1.165) is 11.1 Å². The summed E-state index contributed by atoms with van der Waals surface area (Å²) in [6.45, 7) is 2.20. The molecule has 1 aliphatic heterocycles. The van der Waals surface area contributed by atoms with Crippen LogP contribution in [0, 0.1) is 0 Å². The fraction of sp³-hybridized carbons (Fsp3) is 0.421. The number of ether oxygens (including phenoxy) is 2. The summed E-state index contributed by atoms with van der Waals surface area (Å²) in [6.07, 6.45) is 3.77. The predicted octanol–water partition coefficient (Wildman–Crippen LogP) is 2.06. The van der Waals surface area contributed by atoms with E-state index in [2.05, 4.69) is 5.10 Å². The first kappa shape index (κ1) is 18.8. The lowest BCUT2D eigenvalue weighted by Crippen LogP contribution is -2.44. The maximum atomic E-state index is 13.1. The van der Waals surface area contributed by atoms with Gasteiger partial charge in [0.25, 0.3) is 0 Å². The number of nitrogens with zero attached hydrogens (tertiary/aromatic N) is 3. The maximum Gasteiger partial charge on any atom is 0.305 e. The van der Waals surface area contributed by atoms with Crippen LogP contribution in [-0.2, 0) is 16.0 Å². The molecule has 2 atom stereocenters. The number of rotatable bonds is 6. The number of carboxylic acid groups (broad SMARTS) is 1. The number of amides is 1. The molecule has 2 aromatic rings. The molecule has 1 aromatic carbocycles. The number of fused-ring (bicyclic) bond motifs is 1. The normalized spacial score (nSPS) is 17.1. The molecular weight excluding hydrogens is 350 g/mol. The lowest BCUT2D eigenvalue weighted by molar-refractivity contribution is -0.142. The molecule has 2 unspecified atom stereocenters. The number of hydrogen-bond donors (Lipinski definition) is 1. The average Bonchev–Trinajstić information content (AvgIpc) is 3.20. The van der Waals surface area contributed by atoms with Crippen molar-refractivity contribution in [1.29, 1.82) is 0 Å². The van der Waals surface area contributed by atoms with Crippen LogP contribution in [0.25, 0.3) is 0 Å². The van der Waals surface area contributed by atoms with Crippen LogP contribution in [0.5, 0.6) is 11.5 Å². The van der Waals surface area contributed by atoms with Gasteiger partial charge >= 0.3 is 5.97 Å². The standard InChI is InChI=1S/C19H23N3O5/c1-12(22-7-4-6-20-22)19(25)21-8-5-13-9-16(26-2)17(27-3)10-14(13)15(21)11-18(23)24/h4,6-7,9-10,12,15H,5,8,11H2,1-3H3,(H,23,24).